The van der Waals surface area contributed by atoms with Crippen LogP contribution in [0.15, 0.2) is 0 Å². The predicted octanol–water partition coefficient (Wildman–Crippen LogP) is 1.63. The quantitative estimate of drug-likeness (QED) is 0.809. The van der Waals surface area contributed by atoms with E-state index in [9.17, 15) is 9.59 Å². The van der Waals surface area contributed by atoms with Gasteiger partial charge in [0, 0.05) is 6.42 Å². The zero-order chi connectivity index (χ0) is 12.0. The maximum Gasteiger partial charge on any atom is 0.243 e. The van der Waals surface area contributed by atoms with E-state index in [0.29, 0.717) is 18.8 Å². The van der Waals surface area contributed by atoms with Gasteiger partial charge in [0.05, 0.1) is 6.04 Å². The molecule has 0 aromatic carbocycles. The van der Waals surface area contributed by atoms with Crippen molar-refractivity contribution in [3.05, 3.63) is 0 Å². The SMILES string of the molecule is Br.CC(C)CC(=O)NC(=O)[C@@H](N)CC(C)C. The molecule has 5 heteroatoms. The lowest BCUT2D eigenvalue weighted by Gasteiger charge is -2.13. The fourth-order valence-corrected chi connectivity index (χ4v) is 1.27. The molecule has 3 N–H and O–H groups in total. The van der Waals surface area contributed by atoms with Crippen LogP contribution in [0.5, 0.6) is 0 Å². The van der Waals surface area contributed by atoms with Gasteiger partial charge >= 0.3 is 0 Å². The van der Waals surface area contributed by atoms with E-state index in [4.69, 9.17) is 5.73 Å². The van der Waals surface area contributed by atoms with Crippen LogP contribution in [0, 0.1) is 11.8 Å². The molecule has 0 radical (unpaired) electrons. The molecule has 0 aliphatic rings. The van der Waals surface area contributed by atoms with Crippen molar-refractivity contribution in [2.24, 2.45) is 17.6 Å². The Morgan fingerprint density at radius 3 is 2.00 bits per heavy atom. The van der Waals surface area contributed by atoms with E-state index in [1.165, 1.54) is 0 Å². The fourth-order valence-electron chi connectivity index (χ4n) is 1.27. The molecule has 0 saturated heterocycles. The predicted molar refractivity (Wildman–Crippen MR) is 70.4 cm³/mol. The van der Waals surface area contributed by atoms with Gasteiger partial charge in [0.25, 0.3) is 0 Å². The van der Waals surface area contributed by atoms with Crippen LogP contribution in [0.3, 0.4) is 0 Å². The van der Waals surface area contributed by atoms with Crippen molar-refractivity contribution in [1.82, 2.24) is 5.32 Å². The van der Waals surface area contributed by atoms with Crippen molar-refractivity contribution in [2.75, 3.05) is 0 Å². The Hall–Kier alpha value is -0.420. The second kappa shape index (κ2) is 8.70. The average Bonchev–Trinajstić information content (AvgIpc) is 2.00. The number of nitrogens with two attached hydrogens (primary N) is 1. The Balaban J connectivity index is 0. The van der Waals surface area contributed by atoms with Crippen molar-refractivity contribution < 1.29 is 9.59 Å². The summed E-state index contributed by atoms with van der Waals surface area (Å²) in [6.07, 6.45) is 0.959. The van der Waals surface area contributed by atoms with Crippen LogP contribution in [0.4, 0.5) is 0 Å². The number of carbonyl (C=O) groups excluding carboxylic acids is 2. The van der Waals surface area contributed by atoms with Crippen molar-refractivity contribution in [3.63, 3.8) is 0 Å². The van der Waals surface area contributed by atoms with Crippen LogP contribution >= 0.6 is 17.0 Å². The van der Waals surface area contributed by atoms with E-state index < -0.39 is 6.04 Å². The Kier molecular flexibility index (Phi) is 9.77. The zero-order valence-corrected chi connectivity index (χ0v) is 12.2. The summed E-state index contributed by atoms with van der Waals surface area (Å²) in [6.45, 7) is 7.84. The Labute approximate surface area is 108 Å². The molecule has 1 atom stereocenters. The second-order valence-electron chi connectivity index (χ2n) is 4.75. The summed E-state index contributed by atoms with van der Waals surface area (Å²) in [6, 6.07) is -0.582. The largest absolute Gasteiger partial charge is 0.320 e. The summed E-state index contributed by atoms with van der Waals surface area (Å²) < 4.78 is 0. The Bertz CT molecular complexity index is 230. The highest BCUT2D eigenvalue weighted by Crippen LogP contribution is 2.03. The monoisotopic (exact) mass is 294 g/mol. The van der Waals surface area contributed by atoms with Crippen LogP contribution in [0.2, 0.25) is 0 Å². The Morgan fingerprint density at radius 1 is 1.12 bits per heavy atom. The lowest BCUT2D eigenvalue weighted by atomic mass is 10.0. The van der Waals surface area contributed by atoms with E-state index in [-0.39, 0.29) is 34.7 Å². The van der Waals surface area contributed by atoms with Crippen LogP contribution in [0.1, 0.15) is 40.5 Å². The maximum atomic E-state index is 11.4. The van der Waals surface area contributed by atoms with Gasteiger partial charge in [-0.3, -0.25) is 14.9 Å². The standard InChI is InChI=1S/C11H22N2O2.BrH/c1-7(2)5-9(12)11(15)13-10(14)6-8(3)4;/h7-9H,5-6,12H2,1-4H3,(H,13,14,15);1H/t9-;/m0./s1. The molecular weight excluding hydrogens is 272 g/mol. The molecular formula is C11H23BrN2O2. The number of nitrogens with one attached hydrogen (secondary N) is 1. The van der Waals surface area contributed by atoms with E-state index in [0.717, 1.165) is 0 Å². The smallest absolute Gasteiger partial charge is 0.243 e. The molecule has 16 heavy (non-hydrogen) atoms. The minimum atomic E-state index is -0.582. The molecule has 2 amide bonds. The van der Waals surface area contributed by atoms with Crippen LogP contribution in [-0.4, -0.2) is 17.9 Å². The molecule has 0 spiro atoms. The van der Waals surface area contributed by atoms with E-state index in [2.05, 4.69) is 5.32 Å². The van der Waals surface area contributed by atoms with Gasteiger partial charge < -0.3 is 5.73 Å². The first kappa shape index (κ1) is 18.0. The van der Waals surface area contributed by atoms with Crippen LogP contribution in [-0.2, 0) is 9.59 Å². The molecule has 0 saturated carbocycles. The summed E-state index contributed by atoms with van der Waals surface area (Å²) in [5.74, 6) is -0.00590. The third-order valence-electron chi connectivity index (χ3n) is 1.92. The molecule has 96 valence electrons. The molecule has 0 rings (SSSR count). The average molecular weight is 295 g/mol. The molecule has 0 bridgehead atoms. The number of carbonyl (C=O) groups is 2. The van der Waals surface area contributed by atoms with Gasteiger partial charge in [0.15, 0.2) is 0 Å². The van der Waals surface area contributed by atoms with Crippen LogP contribution in [0.25, 0.3) is 0 Å². The lowest BCUT2D eigenvalue weighted by molar-refractivity contribution is -0.131. The van der Waals surface area contributed by atoms with Gasteiger partial charge in [-0.05, 0) is 18.3 Å². The first-order valence-electron chi connectivity index (χ1n) is 5.42. The Morgan fingerprint density at radius 2 is 1.62 bits per heavy atom. The molecule has 4 nitrogen and oxygen atoms in total. The number of hydrogen-bond acceptors (Lipinski definition) is 3. The normalized spacial score (nSPS) is 12.2. The van der Waals surface area contributed by atoms with Gasteiger partial charge in [-0.1, -0.05) is 27.7 Å². The molecule has 0 heterocycles. The van der Waals surface area contributed by atoms with E-state index in [1.807, 2.05) is 27.7 Å². The molecule has 0 unspecified atom stereocenters. The third kappa shape index (κ3) is 8.85. The highest BCUT2D eigenvalue weighted by molar-refractivity contribution is 8.93. The first-order valence-corrected chi connectivity index (χ1v) is 5.42. The second-order valence-corrected chi connectivity index (χ2v) is 4.75. The summed E-state index contributed by atoms with van der Waals surface area (Å²) in [5, 5.41) is 2.31. The van der Waals surface area contributed by atoms with Gasteiger partial charge in [-0.15, -0.1) is 17.0 Å². The molecule has 0 aromatic heterocycles. The maximum absolute atomic E-state index is 11.4. The van der Waals surface area contributed by atoms with Crippen molar-refractivity contribution in [1.29, 1.82) is 0 Å². The molecule has 0 aliphatic carbocycles. The lowest BCUT2D eigenvalue weighted by Crippen LogP contribution is -2.44. The number of imide groups is 1. The van der Waals surface area contributed by atoms with Gasteiger partial charge in [-0.2, -0.15) is 0 Å². The van der Waals surface area contributed by atoms with Crippen molar-refractivity contribution in [2.45, 2.75) is 46.6 Å². The zero-order valence-electron chi connectivity index (χ0n) is 10.4. The minimum Gasteiger partial charge on any atom is -0.320 e. The third-order valence-corrected chi connectivity index (χ3v) is 1.92. The first-order chi connectivity index (χ1) is 6.82. The molecule has 0 aromatic rings. The number of halogens is 1. The summed E-state index contributed by atoms with van der Waals surface area (Å²) in [5.41, 5.74) is 5.63. The van der Waals surface area contributed by atoms with E-state index in [1.54, 1.807) is 0 Å². The van der Waals surface area contributed by atoms with Crippen LogP contribution < -0.4 is 11.1 Å². The van der Waals surface area contributed by atoms with Gasteiger partial charge in [0.1, 0.15) is 0 Å². The van der Waals surface area contributed by atoms with Gasteiger partial charge in [0.2, 0.25) is 11.8 Å². The number of hydrogen-bond donors (Lipinski definition) is 2. The van der Waals surface area contributed by atoms with Gasteiger partial charge in [-0.25, -0.2) is 0 Å². The van der Waals surface area contributed by atoms with Crippen molar-refractivity contribution >= 4 is 28.8 Å². The van der Waals surface area contributed by atoms with Crippen molar-refractivity contribution in [3.8, 4) is 0 Å². The summed E-state index contributed by atoms with van der Waals surface area (Å²) in [7, 11) is 0. The number of rotatable bonds is 5. The highest BCUT2D eigenvalue weighted by atomic mass is 79.9. The summed E-state index contributed by atoms with van der Waals surface area (Å²) in [4.78, 5) is 22.7. The molecule has 0 aliphatic heterocycles. The number of amides is 2. The highest BCUT2D eigenvalue weighted by Gasteiger charge is 2.17. The summed E-state index contributed by atoms with van der Waals surface area (Å²) >= 11 is 0. The molecule has 0 fully saturated rings. The topological polar surface area (TPSA) is 72.2 Å². The fraction of sp³-hybridized carbons (Fsp3) is 0.818. The van der Waals surface area contributed by atoms with E-state index >= 15 is 0 Å². The minimum absolute atomic E-state index is 0.